The zero-order valence-electron chi connectivity index (χ0n) is 7.10. The highest BCUT2D eigenvalue weighted by atomic mass is 31.0. The minimum atomic E-state index is 0.469. The average molecular weight is 162 g/mol. The van der Waals surface area contributed by atoms with Gasteiger partial charge in [0.15, 0.2) is 0 Å². The lowest BCUT2D eigenvalue weighted by atomic mass is 10.1. The van der Waals surface area contributed by atoms with Gasteiger partial charge < -0.3 is 4.52 Å². The van der Waals surface area contributed by atoms with Gasteiger partial charge in [0.1, 0.15) is 0 Å². The van der Waals surface area contributed by atoms with Crippen LogP contribution in [0.1, 0.15) is 46.0 Å². The van der Waals surface area contributed by atoms with Gasteiger partial charge >= 0.3 is 0 Å². The van der Waals surface area contributed by atoms with Crippen LogP contribution in [0.25, 0.3) is 0 Å². The van der Waals surface area contributed by atoms with Crippen molar-refractivity contribution < 1.29 is 4.52 Å². The second-order valence-electron chi connectivity index (χ2n) is 2.66. The van der Waals surface area contributed by atoms with Gasteiger partial charge in [0.25, 0.3) is 0 Å². The summed E-state index contributed by atoms with van der Waals surface area (Å²) in [5.41, 5.74) is 0. The van der Waals surface area contributed by atoms with Crippen molar-refractivity contribution in [1.82, 2.24) is 0 Å². The fourth-order valence-corrected chi connectivity index (χ4v) is 1.32. The Kier molecular flexibility index (Phi) is 7.79. The highest BCUT2D eigenvalue weighted by Gasteiger charge is 2.01. The maximum Gasteiger partial charge on any atom is 0.0608 e. The first-order valence-electron chi connectivity index (χ1n) is 4.20. The second-order valence-corrected chi connectivity index (χ2v) is 2.93. The van der Waals surface area contributed by atoms with E-state index < -0.39 is 0 Å². The van der Waals surface area contributed by atoms with E-state index in [1.807, 2.05) is 0 Å². The molecule has 0 saturated carbocycles. The molecule has 0 radical (unpaired) electrons. The van der Waals surface area contributed by atoms with Gasteiger partial charge in [-0.3, -0.25) is 0 Å². The maximum atomic E-state index is 5.16. The monoisotopic (exact) mass is 162 g/mol. The highest BCUT2D eigenvalue weighted by molar-refractivity contribution is 7.09. The molecular formula is C8H19OP. The number of hydrogen-bond donors (Lipinski definition) is 0. The summed E-state index contributed by atoms with van der Waals surface area (Å²) in [6, 6.07) is 0. The van der Waals surface area contributed by atoms with E-state index in [-0.39, 0.29) is 0 Å². The molecule has 0 amide bonds. The molecule has 2 unspecified atom stereocenters. The van der Waals surface area contributed by atoms with Crippen molar-refractivity contribution in [3.05, 3.63) is 0 Å². The van der Waals surface area contributed by atoms with Crippen molar-refractivity contribution in [2.45, 2.75) is 52.1 Å². The molecule has 2 heteroatoms. The Morgan fingerprint density at radius 2 is 2.00 bits per heavy atom. The zero-order chi connectivity index (χ0) is 7.82. The third kappa shape index (κ3) is 5.20. The van der Waals surface area contributed by atoms with Gasteiger partial charge in [0.2, 0.25) is 0 Å². The fourth-order valence-electron chi connectivity index (χ4n) is 0.990. The first-order chi connectivity index (χ1) is 4.85. The molecule has 0 aromatic rings. The lowest BCUT2D eigenvalue weighted by molar-refractivity contribution is 0.216. The molecule has 62 valence electrons. The molecule has 0 aliphatic rings. The van der Waals surface area contributed by atoms with Crippen LogP contribution in [0.15, 0.2) is 0 Å². The molecule has 0 spiro atoms. The third-order valence-corrected chi connectivity index (χ3v) is 2.16. The first-order valence-corrected chi connectivity index (χ1v) is 4.67. The van der Waals surface area contributed by atoms with Crippen molar-refractivity contribution >= 4 is 9.47 Å². The Morgan fingerprint density at radius 3 is 2.40 bits per heavy atom. The molecule has 0 aromatic carbocycles. The molecule has 0 fully saturated rings. The van der Waals surface area contributed by atoms with Crippen molar-refractivity contribution in [2.24, 2.45) is 0 Å². The summed E-state index contributed by atoms with van der Waals surface area (Å²) in [5.74, 6) is 0. The summed E-state index contributed by atoms with van der Waals surface area (Å²) in [6.07, 6.45) is 6.76. The highest BCUT2D eigenvalue weighted by Crippen LogP contribution is 2.11. The summed E-state index contributed by atoms with van der Waals surface area (Å²) >= 11 is 0. The van der Waals surface area contributed by atoms with E-state index in [4.69, 9.17) is 4.52 Å². The van der Waals surface area contributed by atoms with E-state index in [9.17, 15) is 0 Å². The summed E-state index contributed by atoms with van der Waals surface area (Å²) in [7, 11) is 2.35. The number of unbranched alkanes of at least 4 members (excludes halogenated alkanes) is 2. The average Bonchev–Trinajstić information content (AvgIpc) is 1.99. The predicted octanol–water partition coefficient (Wildman–Crippen LogP) is 3.15. The van der Waals surface area contributed by atoms with Crippen molar-refractivity contribution in [3.63, 3.8) is 0 Å². The van der Waals surface area contributed by atoms with Crippen LogP contribution in [0.2, 0.25) is 0 Å². The van der Waals surface area contributed by atoms with Crippen molar-refractivity contribution in [3.8, 4) is 0 Å². The van der Waals surface area contributed by atoms with E-state index in [1.54, 1.807) is 0 Å². The smallest absolute Gasteiger partial charge is 0.0608 e. The van der Waals surface area contributed by atoms with Crippen LogP contribution in [0.5, 0.6) is 0 Å². The molecule has 0 bridgehead atoms. The Hall–Kier alpha value is 0.390. The van der Waals surface area contributed by atoms with Crippen LogP contribution in [-0.4, -0.2) is 6.10 Å². The zero-order valence-corrected chi connectivity index (χ0v) is 8.25. The van der Waals surface area contributed by atoms with Gasteiger partial charge in [-0.05, 0) is 12.8 Å². The van der Waals surface area contributed by atoms with Gasteiger partial charge in [-0.15, -0.1) is 0 Å². The summed E-state index contributed by atoms with van der Waals surface area (Å²) in [6.45, 7) is 4.39. The van der Waals surface area contributed by atoms with Crippen LogP contribution in [0.3, 0.4) is 0 Å². The van der Waals surface area contributed by atoms with Crippen LogP contribution in [-0.2, 0) is 4.52 Å². The molecule has 0 aliphatic heterocycles. The Morgan fingerprint density at radius 1 is 1.30 bits per heavy atom. The summed E-state index contributed by atoms with van der Waals surface area (Å²) in [4.78, 5) is 0. The van der Waals surface area contributed by atoms with Crippen molar-refractivity contribution in [2.75, 3.05) is 0 Å². The number of hydrogen-bond acceptors (Lipinski definition) is 1. The molecule has 0 heterocycles. The van der Waals surface area contributed by atoms with E-state index in [1.165, 1.54) is 25.7 Å². The first kappa shape index (κ1) is 10.4. The standard InChI is InChI=1S/C8H19OP/c1-3-5-6-7-8(4-2)9-10/h8H,3-7,10H2,1-2H3. The van der Waals surface area contributed by atoms with E-state index in [0.717, 1.165) is 6.42 Å². The second kappa shape index (κ2) is 7.50. The lowest BCUT2D eigenvalue weighted by Crippen LogP contribution is -2.04. The Balaban J connectivity index is 3.09. The van der Waals surface area contributed by atoms with E-state index in [0.29, 0.717) is 6.10 Å². The number of rotatable bonds is 6. The van der Waals surface area contributed by atoms with Gasteiger partial charge in [0, 0.05) is 9.47 Å². The Labute approximate surface area is 66.8 Å². The van der Waals surface area contributed by atoms with Gasteiger partial charge in [0.05, 0.1) is 6.10 Å². The fraction of sp³-hybridized carbons (Fsp3) is 1.00. The SMILES string of the molecule is CCCCCC(CC)OP. The molecule has 0 rings (SSSR count). The molecule has 10 heavy (non-hydrogen) atoms. The van der Waals surface area contributed by atoms with Crippen LogP contribution >= 0.6 is 9.47 Å². The van der Waals surface area contributed by atoms with Crippen LogP contribution in [0.4, 0.5) is 0 Å². The topological polar surface area (TPSA) is 9.23 Å². The quantitative estimate of drug-likeness (QED) is 0.430. The third-order valence-electron chi connectivity index (χ3n) is 1.78. The molecular weight excluding hydrogens is 143 g/mol. The summed E-state index contributed by atoms with van der Waals surface area (Å²) in [5, 5.41) is 0. The lowest BCUT2D eigenvalue weighted by Gasteiger charge is -2.10. The van der Waals surface area contributed by atoms with Crippen LogP contribution in [0, 0.1) is 0 Å². The van der Waals surface area contributed by atoms with Gasteiger partial charge in [-0.25, -0.2) is 0 Å². The van der Waals surface area contributed by atoms with Crippen molar-refractivity contribution in [1.29, 1.82) is 0 Å². The van der Waals surface area contributed by atoms with E-state index >= 15 is 0 Å². The Bertz CT molecular complexity index is 62.3. The molecule has 0 saturated heterocycles. The maximum absolute atomic E-state index is 5.16. The molecule has 0 aliphatic carbocycles. The summed E-state index contributed by atoms with van der Waals surface area (Å²) < 4.78 is 5.16. The minimum absolute atomic E-state index is 0.469. The normalized spacial score (nSPS) is 13.5. The molecule has 1 nitrogen and oxygen atoms in total. The molecule has 0 aromatic heterocycles. The largest absolute Gasteiger partial charge is 0.362 e. The molecule has 2 atom stereocenters. The van der Waals surface area contributed by atoms with Gasteiger partial charge in [-0.1, -0.05) is 33.1 Å². The minimum Gasteiger partial charge on any atom is -0.362 e. The van der Waals surface area contributed by atoms with Gasteiger partial charge in [-0.2, -0.15) is 0 Å². The molecule has 0 N–H and O–H groups in total. The van der Waals surface area contributed by atoms with E-state index in [2.05, 4.69) is 23.3 Å². The van der Waals surface area contributed by atoms with Crippen LogP contribution < -0.4 is 0 Å². The predicted molar refractivity (Wildman–Crippen MR) is 49.0 cm³/mol.